The molecule has 0 spiro atoms. The van der Waals surface area contributed by atoms with E-state index in [0.717, 1.165) is 23.9 Å². The minimum Gasteiger partial charge on any atom is -0.468 e. The third-order valence-electron chi connectivity index (χ3n) is 2.42. The minimum atomic E-state index is -4.52. The fourth-order valence-corrected chi connectivity index (χ4v) is 2.52. The molecule has 0 aliphatic heterocycles. The van der Waals surface area contributed by atoms with Crippen LogP contribution in [0, 0.1) is 11.6 Å². The summed E-state index contributed by atoms with van der Waals surface area (Å²) in [6.45, 7) is -1.52. The fourth-order valence-electron chi connectivity index (χ4n) is 1.47. The second-order valence-electron chi connectivity index (χ2n) is 4.22. The molecule has 0 aliphatic rings. The molecule has 1 aromatic heterocycles. The zero-order valence-electron chi connectivity index (χ0n) is 11.2. The monoisotopic (exact) mass is 370 g/mol. The molecule has 0 atom stereocenters. The number of ether oxygens (including phenoxy) is 1. The van der Waals surface area contributed by atoms with Gasteiger partial charge >= 0.3 is 6.18 Å². The van der Waals surface area contributed by atoms with Crippen molar-refractivity contribution in [3.63, 3.8) is 0 Å². The molecule has 0 bridgehead atoms. The van der Waals surface area contributed by atoms with Gasteiger partial charge in [0.25, 0.3) is 0 Å². The summed E-state index contributed by atoms with van der Waals surface area (Å²) in [4.78, 5) is 7.52. The van der Waals surface area contributed by atoms with Gasteiger partial charge in [-0.2, -0.15) is 18.2 Å². The second kappa shape index (κ2) is 7.31. The highest BCUT2D eigenvalue weighted by molar-refractivity contribution is 7.98. The predicted octanol–water partition coefficient (Wildman–Crippen LogP) is 4.64. The van der Waals surface area contributed by atoms with Gasteiger partial charge < -0.3 is 4.74 Å². The van der Waals surface area contributed by atoms with E-state index in [1.807, 2.05) is 0 Å². The Hall–Kier alpha value is -1.61. The van der Waals surface area contributed by atoms with Crippen molar-refractivity contribution in [3.05, 3.63) is 46.6 Å². The van der Waals surface area contributed by atoms with Crippen molar-refractivity contribution in [3.8, 4) is 5.88 Å². The molecular weight excluding hydrogens is 363 g/mol. The number of hydrogen-bond donors (Lipinski definition) is 0. The number of rotatable bonds is 5. The van der Waals surface area contributed by atoms with Crippen LogP contribution in [-0.4, -0.2) is 22.8 Å². The van der Waals surface area contributed by atoms with E-state index >= 15 is 0 Å². The largest absolute Gasteiger partial charge is 0.468 e. The van der Waals surface area contributed by atoms with Gasteiger partial charge in [-0.3, -0.25) is 0 Å². The molecule has 1 aromatic carbocycles. The van der Waals surface area contributed by atoms with Crippen molar-refractivity contribution in [2.75, 3.05) is 6.61 Å². The highest BCUT2D eigenvalue weighted by Gasteiger charge is 2.28. The molecule has 0 saturated carbocycles. The van der Waals surface area contributed by atoms with E-state index < -0.39 is 24.4 Å². The highest BCUT2D eigenvalue weighted by Crippen LogP contribution is 2.26. The maximum Gasteiger partial charge on any atom is 0.422 e. The summed E-state index contributed by atoms with van der Waals surface area (Å²) >= 11 is 6.56. The van der Waals surface area contributed by atoms with Crippen LogP contribution in [0.4, 0.5) is 22.0 Å². The maximum absolute atomic E-state index is 13.5. The summed E-state index contributed by atoms with van der Waals surface area (Å²) in [6, 6.07) is 4.71. The maximum atomic E-state index is 13.5. The number of thioether (sulfide) groups is 1. The van der Waals surface area contributed by atoms with Gasteiger partial charge in [0, 0.05) is 17.4 Å². The van der Waals surface area contributed by atoms with Crippen molar-refractivity contribution in [2.45, 2.75) is 17.1 Å². The van der Waals surface area contributed by atoms with Crippen molar-refractivity contribution in [2.24, 2.45) is 0 Å². The van der Waals surface area contributed by atoms with E-state index in [2.05, 4.69) is 14.7 Å². The Bertz CT molecular complexity index is 699. The molecule has 3 nitrogen and oxygen atoms in total. The molecule has 0 unspecified atom stereocenters. The van der Waals surface area contributed by atoms with Crippen LogP contribution in [0.1, 0.15) is 5.56 Å². The Morgan fingerprint density at radius 1 is 1.17 bits per heavy atom. The van der Waals surface area contributed by atoms with Crippen LogP contribution in [0.25, 0.3) is 0 Å². The molecule has 0 amide bonds. The van der Waals surface area contributed by atoms with E-state index in [-0.39, 0.29) is 27.5 Å². The number of hydrogen-bond acceptors (Lipinski definition) is 4. The summed E-state index contributed by atoms with van der Waals surface area (Å²) in [6.07, 6.45) is -4.52. The lowest BCUT2D eigenvalue weighted by molar-refractivity contribution is -0.154. The normalized spacial score (nSPS) is 11.6. The summed E-state index contributed by atoms with van der Waals surface area (Å²) in [5.41, 5.74) is 0.0661. The van der Waals surface area contributed by atoms with Crippen molar-refractivity contribution < 1.29 is 26.7 Å². The fraction of sp³-hybridized carbons (Fsp3) is 0.231. The van der Waals surface area contributed by atoms with Crippen molar-refractivity contribution in [1.82, 2.24) is 9.97 Å². The van der Waals surface area contributed by atoms with Gasteiger partial charge in [-0.1, -0.05) is 35.5 Å². The summed E-state index contributed by atoms with van der Waals surface area (Å²) in [7, 11) is 0. The molecule has 1 heterocycles. The Balaban J connectivity index is 2.08. The molecule has 0 N–H and O–H groups in total. The molecule has 10 heteroatoms. The van der Waals surface area contributed by atoms with Gasteiger partial charge in [-0.25, -0.2) is 13.8 Å². The molecule has 0 radical (unpaired) electrons. The number of alkyl halides is 3. The molecular formula is C13H8ClF5N2OS. The van der Waals surface area contributed by atoms with Crippen LogP contribution < -0.4 is 4.74 Å². The Kier molecular flexibility index (Phi) is 5.64. The predicted molar refractivity (Wildman–Crippen MR) is 74.5 cm³/mol. The second-order valence-corrected chi connectivity index (χ2v) is 5.55. The van der Waals surface area contributed by atoms with E-state index in [4.69, 9.17) is 11.6 Å². The molecule has 0 fully saturated rings. The van der Waals surface area contributed by atoms with Gasteiger partial charge in [0.2, 0.25) is 5.88 Å². The zero-order chi connectivity index (χ0) is 17.0. The molecule has 0 saturated heterocycles. The Labute approximate surface area is 136 Å². The number of aromatic nitrogens is 2. The quantitative estimate of drug-likeness (QED) is 0.332. The molecule has 0 aliphatic carbocycles. The summed E-state index contributed by atoms with van der Waals surface area (Å²) in [5, 5.41) is -0.141. The topological polar surface area (TPSA) is 35.0 Å². The highest BCUT2D eigenvalue weighted by atomic mass is 35.5. The average Bonchev–Trinajstić information content (AvgIpc) is 2.45. The van der Waals surface area contributed by atoms with Gasteiger partial charge in [0.1, 0.15) is 5.15 Å². The Morgan fingerprint density at radius 2 is 1.91 bits per heavy atom. The van der Waals surface area contributed by atoms with Gasteiger partial charge in [-0.05, 0) is 6.07 Å². The zero-order valence-corrected chi connectivity index (χ0v) is 12.8. The summed E-state index contributed by atoms with van der Waals surface area (Å²) in [5.74, 6) is -2.38. The van der Waals surface area contributed by atoms with Crippen LogP contribution in [0.5, 0.6) is 5.88 Å². The van der Waals surface area contributed by atoms with Gasteiger partial charge in [-0.15, -0.1) is 0 Å². The van der Waals surface area contributed by atoms with E-state index in [1.54, 1.807) is 0 Å². The van der Waals surface area contributed by atoms with E-state index in [9.17, 15) is 22.0 Å². The smallest absolute Gasteiger partial charge is 0.422 e. The van der Waals surface area contributed by atoms with Crippen molar-refractivity contribution >= 4 is 23.4 Å². The number of halogens is 6. The van der Waals surface area contributed by atoms with Crippen LogP contribution in [0.15, 0.2) is 29.4 Å². The first-order chi connectivity index (χ1) is 10.7. The SMILES string of the molecule is Fc1cccc(CSc2nc(Cl)cc(OCC(F)(F)F)n2)c1F. The molecule has 2 rings (SSSR count). The molecule has 2 aromatic rings. The standard InChI is InChI=1S/C13H8ClF5N2OS/c14-9-4-10(22-6-13(17,18)19)21-12(20-9)23-5-7-2-1-3-8(15)11(7)16/h1-4H,5-6H2. The van der Waals surface area contributed by atoms with Crippen LogP contribution in [0.2, 0.25) is 5.15 Å². The minimum absolute atomic E-state index is 0.0154. The first-order valence-corrected chi connectivity index (χ1v) is 7.41. The number of nitrogens with zero attached hydrogens (tertiary/aromatic N) is 2. The van der Waals surface area contributed by atoms with Gasteiger partial charge in [0.05, 0.1) is 0 Å². The van der Waals surface area contributed by atoms with Gasteiger partial charge in [0.15, 0.2) is 23.4 Å². The third-order valence-corrected chi connectivity index (χ3v) is 3.51. The molecule has 124 valence electrons. The Morgan fingerprint density at radius 3 is 2.61 bits per heavy atom. The number of benzene rings is 1. The lowest BCUT2D eigenvalue weighted by atomic mass is 10.2. The lowest BCUT2D eigenvalue weighted by Crippen LogP contribution is -2.19. The first-order valence-electron chi connectivity index (χ1n) is 6.04. The van der Waals surface area contributed by atoms with E-state index in [0.29, 0.717) is 0 Å². The van der Waals surface area contributed by atoms with E-state index in [1.165, 1.54) is 12.1 Å². The van der Waals surface area contributed by atoms with Crippen LogP contribution >= 0.6 is 23.4 Å². The molecule has 23 heavy (non-hydrogen) atoms. The first kappa shape index (κ1) is 17.7. The lowest BCUT2D eigenvalue weighted by Gasteiger charge is -2.09. The third kappa shape index (κ3) is 5.51. The average molecular weight is 371 g/mol. The van der Waals surface area contributed by atoms with Crippen LogP contribution in [-0.2, 0) is 5.75 Å². The van der Waals surface area contributed by atoms with Crippen LogP contribution in [0.3, 0.4) is 0 Å². The summed E-state index contributed by atoms with van der Waals surface area (Å²) < 4.78 is 67.4. The van der Waals surface area contributed by atoms with Crippen molar-refractivity contribution in [1.29, 1.82) is 0 Å².